The number of carbonyl (C=O) groups excluding carboxylic acids is 3. The van der Waals surface area contributed by atoms with Crippen molar-refractivity contribution in [1.82, 2.24) is 25.8 Å². The van der Waals surface area contributed by atoms with Crippen molar-refractivity contribution in [2.45, 2.75) is 25.9 Å². The molecule has 10 heteroatoms. The van der Waals surface area contributed by atoms with Crippen LogP contribution in [0, 0.1) is 13.8 Å². The smallest absolute Gasteiger partial charge is 0.315 e. The zero-order valence-corrected chi connectivity index (χ0v) is 19.6. The number of aryl methyl sites for hydroxylation is 1. The van der Waals surface area contributed by atoms with Gasteiger partial charge in [0.1, 0.15) is 28.4 Å². The Bertz CT molecular complexity index is 1210. The van der Waals surface area contributed by atoms with Crippen molar-refractivity contribution in [2.75, 3.05) is 27.2 Å². The van der Waals surface area contributed by atoms with Crippen LogP contribution in [0.15, 0.2) is 36.7 Å². The maximum Gasteiger partial charge on any atom is 0.315 e. The van der Waals surface area contributed by atoms with Crippen molar-refractivity contribution >= 4 is 17.8 Å². The minimum Gasteiger partial charge on any atom is -0.497 e. The van der Waals surface area contributed by atoms with Crippen molar-refractivity contribution < 1.29 is 23.9 Å². The third kappa shape index (κ3) is 3.91. The van der Waals surface area contributed by atoms with Crippen LogP contribution in [0.5, 0.6) is 11.5 Å². The van der Waals surface area contributed by atoms with Gasteiger partial charge in [0.25, 0.3) is 11.8 Å². The second kappa shape index (κ2) is 8.69. The molecule has 1 unspecified atom stereocenters. The Hall–Kier alpha value is -4.08. The number of carbonyl (C=O) groups is 3. The van der Waals surface area contributed by atoms with E-state index in [0.717, 1.165) is 5.56 Å². The third-order valence-corrected chi connectivity index (χ3v) is 6.31. The molecule has 3 N–H and O–H groups in total. The van der Waals surface area contributed by atoms with Gasteiger partial charge in [-0.1, -0.05) is 12.6 Å². The molecule has 0 radical (unpaired) electrons. The lowest BCUT2D eigenvalue weighted by Gasteiger charge is -2.34. The summed E-state index contributed by atoms with van der Waals surface area (Å²) in [5.41, 5.74) is 1.93. The van der Waals surface area contributed by atoms with Crippen LogP contribution in [0.25, 0.3) is 0 Å². The minimum absolute atomic E-state index is 0.124. The number of methoxy groups -OCH3 is 1. The summed E-state index contributed by atoms with van der Waals surface area (Å²) >= 11 is 0. The van der Waals surface area contributed by atoms with Crippen molar-refractivity contribution in [3.63, 3.8) is 0 Å². The highest BCUT2D eigenvalue weighted by atomic mass is 16.5. The highest BCUT2D eigenvalue weighted by molar-refractivity contribution is 5.99. The first-order chi connectivity index (χ1) is 16.2. The average Bonchev–Trinajstić information content (AvgIpc) is 3.36. The maximum absolute atomic E-state index is 13.1. The summed E-state index contributed by atoms with van der Waals surface area (Å²) < 4.78 is 11.4. The van der Waals surface area contributed by atoms with E-state index in [4.69, 9.17) is 9.47 Å². The topological polar surface area (TPSA) is 122 Å². The number of fused-ring (bicyclic) bond motifs is 1. The van der Waals surface area contributed by atoms with Crippen LogP contribution < -0.4 is 25.4 Å². The van der Waals surface area contributed by atoms with E-state index in [9.17, 15) is 14.4 Å². The molecule has 2 aromatic rings. The molecule has 1 atom stereocenters. The molecule has 1 saturated heterocycles. The van der Waals surface area contributed by atoms with E-state index < -0.39 is 11.6 Å². The number of amides is 4. The number of nitrogens with zero attached hydrogens (tertiary/aromatic N) is 2. The zero-order valence-electron chi connectivity index (χ0n) is 19.6. The van der Waals surface area contributed by atoms with Gasteiger partial charge < -0.3 is 30.3 Å². The lowest BCUT2D eigenvalue weighted by molar-refractivity contribution is 0.0732. The van der Waals surface area contributed by atoms with Crippen LogP contribution in [0.1, 0.15) is 37.5 Å². The Kier molecular flexibility index (Phi) is 5.90. The summed E-state index contributed by atoms with van der Waals surface area (Å²) in [6.45, 7) is 8.35. The van der Waals surface area contributed by atoms with E-state index in [1.165, 1.54) is 13.2 Å². The molecule has 0 bridgehead atoms. The van der Waals surface area contributed by atoms with E-state index in [2.05, 4.69) is 27.5 Å². The van der Waals surface area contributed by atoms with Gasteiger partial charge in [-0.3, -0.25) is 14.6 Å². The lowest BCUT2D eigenvalue weighted by atomic mass is 9.97. The Balaban J connectivity index is 1.64. The molecular weight excluding hydrogens is 438 g/mol. The SMILES string of the molecule is C=C(Oc1c(C(=O)NC)cnc(C)c1C)C1(CN2Cc3ccc(OC)cc3C2=O)CNC(=O)N1. The van der Waals surface area contributed by atoms with Gasteiger partial charge in [-0.25, -0.2) is 4.79 Å². The Morgan fingerprint density at radius 3 is 2.74 bits per heavy atom. The van der Waals surface area contributed by atoms with Gasteiger partial charge in [-0.05, 0) is 31.5 Å². The van der Waals surface area contributed by atoms with Gasteiger partial charge in [0, 0.05) is 36.6 Å². The molecule has 0 saturated carbocycles. The minimum atomic E-state index is -1.11. The molecule has 10 nitrogen and oxygen atoms in total. The van der Waals surface area contributed by atoms with Gasteiger partial charge in [-0.2, -0.15) is 0 Å². The molecule has 1 aromatic heterocycles. The fourth-order valence-corrected chi connectivity index (χ4v) is 4.14. The molecule has 4 amide bonds. The molecule has 1 aromatic carbocycles. The monoisotopic (exact) mass is 465 g/mol. The number of hydrogen-bond acceptors (Lipinski definition) is 6. The number of hydrogen-bond donors (Lipinski definition) is 3. The van der Waals surface area contributed by atoms with E-state index >= 15 is 0 Å². The number of benzene rings is 1. The van der Waals surface area contributed by atoms with Crippen LogP contribution in [-0.4, -0.2) is 60.5 Å². The molecule has 0 aliphatic carbocycles. The summed E-state index contributed by atoms with van der Waals surface area (Å²) in [5, 5.41) is 8.19. The largest absolute Gasteiger partial charge is 0.497 e. The molecule has 0 spiro atoms. The van der Waals surface area contributed by atoms with E-state index in [-0.39, 0.29) is 36.2 Å². The van der Waals surface area contributed by atoms with Crippen LogP contribution in [0.2, 0.25) is 0 Å². The fourth-order valence-electron chi connectivity index (χ4n) is 4.14. The van der Waals surface area contributed by atoms with E-state index in [0.29, 0.717) is 34.9 Å². The Morgan fingerprint density at radius 2 is 2.09 bits per heavy atom. The predicted molar refractivity (Wildman–Crippen MR) is 124 cm³/mol. The van der Waals surface area contributed by atoms with Crippen molar-refractivity contribution in [1.29, 1.82) is 0 Å². The first-order valence-electron chi connectivity index (χ1n) is 10.8. The van der Waals surface area contributed by atoms with Gasteiger partial charge in [0.05, 0.1) is 20.2 Å². The molecule has 1 fully saturated rings. The normalized spacial score (nSPS) is 18.8. The van der Waals surface area contributed by atoms with Crippen LogP contribution >= 0.6 is 0 Å². The van der Waals surface area contributed by atoms with Crippen LogP contribution in [0.4, 0.5) is 4.79 Å². The standard InChI is InChI=1S/C24H27N5O5/c1-13-14(2)26-9-19(21(30)25-4)20(13)34-15(3)24(11-27-23(32)28-24)12-29-10-16-6-7-17(33-5)8-18(16)22(29)31/h6-9H,3,10-12H2,1-2,4-5H3,(H,25,30)(H2,27,28,32). The van der Waals surface area contributed by atoms with Crippen molar-refractivity contribution in [3.8, 4) is 11.5 Å². The molecular formula is C24H27N5O5. The molecule has 178 valence electrons. The molecule has 4 rings (SSSR count). The second-order valence-corrected chi connectivity index (χ2v) is 8.39. The first-order valence-corrected chi connectivity index (χ1v) is 10.8. The fraction of sp³-hybridized carbons (Fsp3) is 0.333. The van der Waals surface area contributed by atoms with E-state index in [1.54, 1.807) is 31.1 Å². The lowest BCUT2D eigenvalue weighted by Crippen LogP contribution is -2.55. The van der Waals surface area contributed by atoms with Crippen LogP contribution in [0.3, 0.4) is 0 Å². The number of rotatable bonds is 7. The predicted octanol–water partition coefficient (Wildman–Crippen LogP) is 1.67. The quantitative estimate of drug-likeness (QED) is 0.535. The number of pyridine rings is 1. The van der Waals surface area contributed by atoms with Crippen molar-refractivity contribution in [2.24, 2.45) is 0 Å². The maximum atomic E-state index is 13.1. The molecule has 2 aliphatic heterocycles. The third-order valence-electron chi connectivity index (χ3n) is 6.31. The average molecular weight is 466 g/mol. The summed E-state index contributed by atoms with van der Waals surface area (Å²) in [5.74, 6) is 0.561. The summed E-state index contributed by atoms with van der Waals surface area (Å²) in [4.78, 5) is 43.7. The van der Waals surface area contributed by atoms with E-state index in [1.807, 2.05) is 13.0 Å². The zero-order chi connectivity index (χ0) is 24.6. The van der Waals surface area contributed by atoms with Gasteiger partial charge in [0.2, 0.25) is 0 Å². The van der Waals surface area contributed by atoms with Crippen molar-refractivity contribution in [3.05, 3.63) is 64.7 Å². The summed E-state index contributed by atoms with van der Waals surface area (Å²) in [6, 6.07) is 4.97. The Morgan fingerprint density at radius 1 is 1.32 bits per heavy atom. The number of aromatic nitrogens is 1. The second-order valence-electron chi connectivity index (χ2n) is 8.39. The number of ether oxygens (including phenoxy) is 2. The highest BCUT2D eigenvalue weighted by Crippen LogP contribution is 2.33. The number of nitrogens with one attached hydrogen (secondary N) is 3. The molecule has 3 heterocycles. The van der Waals surface area contributed by atoms with Gasteiger partial charge >= 0.3 is 6.03 Å². The van der Waals surface area contributed by atoms with Gasteiger partial charge in [0.15, 0.2) is 0 Å². The number of urea groups is 1. The molecule has 2 aliphatic rings. The highest BCUT2D eigenvalue weighted by Gasteiger charge is 2.46. The van der Waals surface area contributed by atoms with Gasteiger partial charge in [-0.15, -0.1) is 0 Å². The molecule has 34 heavy (non-hydrogen) atoms. The summed E-state index contributed by atoms with van der Waals surface area (Å²) in [6.07, 6.45) is 1.44. The Labute approximate surface area is 197 Å². The summed E-state index contributed by atoms with van der Waals surface area (Å²) in [7, 11) is 3.06. The first kappa shape index (κ1) is 23.1. The van der Waals surface area contributed by atoms with Crippen LogP contribution in [-0.2, 0) is 6.54 Å².